The van der Waals surface area contributed by atoms with Gasteiger partial charge in [-0.1, -0.05) is 13.8 Å². The number of hydrogen-bond donors (Lipinski definition) is 0. The van der Waals surface area contributed by atoms with E-state index >= 15 is 0 Å². The molecular weight excluding hydrogens is 198 g/mol. The van der Waals surface area contributed by atoms with Gasteiger partial charge in [0.2, 0.25) is 0 Å². The van der Waals surface area contributed by atoms with E-state index < -0.39 is 0 Å². The average Bonchev–Trinajstić information content (AvgIpc) is 2.73. The van der Waals surface area contributed by atoms with Gasteiger partial charge in [-0.2, -0.15) is 0 Å². The maximum atomic E-state index is 4.55. The first kappa shape index (κ1) is 9.58. The highest BCUT2D eigenvalue weighted by atomic mass is 15.1. The lowest BCUT2D eigenvalue weighted by atomic mass is 10.0. The Hall–Kier alpha value is -1.64. The van der Waals surface area contributed by atoms with E-state index in [1.165, 1.54) is 16.8 Å². The van der Waals surface area contributed by atoms with Crippen LogP contribution in [0.1, 0.15) is 31.0 Å². The highest BCUT2D eigenvalue weighted by Crippen LogP contribution is 2.30. The molecule has 0 N–H and O–H groups in total. The molecule has 3 nitrogen and oxygen atoms in total. The van der Waals surface area contributed by atoms with Crippen LogP contribution in [0.25, 0.3) is 11.4 Å². The quantitative estimate of drug-likeness (QED) is 0.729. The second-order valence-electron chi connectivity index (χ2n) is 4.60. The summed E-state index contributed by atoms with van der Waals surface area (Å²) in [4.78, 5) is 8.73. The summed E-state index contributed by atoms with van der Waals surface area (Å²) >= 11 is 0. The van der Waals surface area contributed by atoms with Crippen LogP contribution in [-0.2, 0) is 13.0 Å². The fourth-order valence-electron chi connectivity index (χ4n) is 2.38. The fraction of sp³-hybridized carbons (Fsp3) is 0.385. The van der Waals surface area contributed by atoms with E-state index in [0.717, 1.165) is 18.8 Å². The van der Waals surface area contributed by atoms with Crippen molar-refractivity contribution in [3.05, 3.63) is 35.9 Å². The van der Waals surface area contributed by atoms with Crippen molar-refractivity contribution in [1.29, 1.82) is 0 Å². The molecule has 0 saturated carbocycles. The van der Waals surface area contributed by atoms with Gasteiger partial charge in [0, 0.05) is 36.4 Å². The minimum absolute atomic E-state index is 0.532. The molecule has 0 spiro atoms. The topological polar surface area (TPSA) is 30.7 Å². The number of nitrogens with zero attached hydrogens (tertiary/aromatic N) is 3. The van der Waals surface area contributed by atoms with Crippen LogP contribution in [0.4, 0.5) is 0 Å². The summed E-state index contributed by atoms with van der Waals surface area (Å²) in [6.45, 7) is 5.46. The molecule has 3 rings (SSSR count). The van der Waals surface area contributed by atoms with Crippen LogP contribution >= 0.6 is 0 Å². The molecule has 82 valence electrons. The predicted octanol–water partition coefficient (Wildman–Crippen LogP) is 2.62. The van der Waals surface area contributed by atoms with Crippen LogP contribution < -0.4 is 0 Å². The number of hydrogen-bond acceptors (Lipinski definition) is 2. The number of aryl methyl sites for hydroxylation is 1. The van der Waals surface area contributed by atoms with Crippen LogP contribution in [-0.4, -0.2) is 14.5 Å². The predicted molar refractivity (Wildman–Crippen MR) is 63.3 cm³/mol. The molecule has 0 unspecified atom stereocenters. The molecule has 2 aromatic rings. The molecule has 0 atom stereocenters. The van der Waals surface area contributed by atoms with Gasteiger partial charge in [-0.05, 0) is 24.0 Å². The van der Waals surface area contributed by atoms with E-state index in [1.807, 2.05) is 18.6 Å². The second-order valence-corrected chi connectivity index (χ2v) is 4.60. The van der Waals surface area contributed by atoms with Gasteiger partial charge in [-0.25, -0.2) is 4.98 Å². The lowest BCUT2D eigenvalue weighted by Crippen LogP contribution is -2.14. The highest BCUT2D eigenvalue weighted by Gasteiger charge is 2.20. The Labute approximate surface area is 95.2 Å². The van der Waals surface area contributed by atoms with Crippen molar-refractivity contribution < 1.29 is 0 Å². The largest absolute Gasteiger partial charge is 0.328 e. The summed E-state index contributed by atoms with van der Waals surface area (Å²) in [6, 6.07) is 2.07. The first-order valence-electron chi connectivity index (χ1n) is 5.76. The number of fused-ring (bicyclic) bond motifs is 3. The van der Waals surface area contributed by atoms with Crippen molar-refractivity contribution in [2.75, 3.05) is 0 Å². The van der Waals surface area contributed by atoms with E-state index in [9.17, 15) is 0 Å². The zero-order valence-electron chi connectivity index (χ0n) is 9.64. The Morgan fingerprint density at radius 3 is 3.00 bits per heavy atom. The summed E-state index contributed by atoms with van der Waals surface area (Å²) in [5.41, 5.74) is 3.89. The molecule has 0 aliphatic carbocycles. The van der Waals surface area contributed by atoms with E-state index in [1.54, 1.807) is 0 Å². The SMILES string of the molecule is CC(C)c1cnc2n1CCc1cnccc1-2. The first-order valence-corrected chi connectivity index (χ1v) is 5.76. The molecule has 0 fully saturated rings. The van der Waals surface area contributed by atoms with Crippen molar-refractivity contribution in [2.45, 2.75) is 32.7 Å². The molecular formula is C13H15N3. The van der Waals surface area contributed by atoms with Gasteiger partial charge in [0.1, 0.15) is 5.82 Å². The van der Waals surface area contributed by atoms with Crippen LogP contribution in [0.2, 0.25) is 0 Å². The Bertz CT molecular complexity index is 526. The minimum Gasteiger partial charge on any atom is -0.328 e. The van der Waals surface area contributed by atoms with E-state index in [4.69, 9.17) is 0 Å². The molecule has 0 saturated heterocycles. The third-order valence-electron chi connectivity index (χ3n) is 3.23. The van der Waals surface area contributed by atoms with Crippen LogP contribution in [0, 0.1) is 0 Å². The van der Waals surface area contributed by atoms with Crippen molar-refractivity contribution in [3.63, 3.8) is 0 Å². The number of pyridine rings is 1. The molecule has 1 aliphatic rings. The standard InChI is InChI=1S/C13H15N3/c1-9(2)12-8-15-13-11-3-5-14-7-10(11)4-6-16(12)13/h3,5,7-9H,4,6H2,1-2H3. The van der Waals surface area contributed by atoms with Crippen molar-refractivity contribution in [3.8, 4) is 11.4 Å². The van der Waals surface area contributed by atoms with Crippen molar-refractivity contribution in [1.82, 2.24) is 14.5 Å². The van der Waals surface area contributed by atoms with E-state index in [2.05, 4.69) is 34.4 Å². The zero-order valence-corrected chi connectivity index (χ0v) is 9.64. The van der Waals surface area contributed by atoms with Gasteiger partial charge in [0.05, 0.1) is 0 Å². The van der Waals surface area contributed by atoms with E-state index in [-0.39, 0.29) is 0 Å². The summed E-state index contributed by atoms with van der Waals surface area (Å²) in [5.74, 6) is 1.64. The zero-order chi connectivity index (χ0) is 11.1. The molecule has 3 heterocycles. The summed E-state index contributed by atoms with van der Waals surface area (Å²) in [5, 5.41) is 0. The van der Waals surface area contributed by atoms with E-state index in [0.29, 0.717) is 5.92 Å². The molecule has 1 aliphatic heterocycles. The Balaban J connectivity index is 2.19. The number of imidazole rings is 1. The lowest BCUT2D eigenvalue weighted by Gasteiger charge is -2.20. The normalized spacial score (nSPS) is 13.7. The molecule has 0 aromatic carbocycles. The van der Waals surface area contributed by atoms with Gasteiger partial charge in [-0.3, -0.25) is 4.98 Å². The van der Waals surface area contributed by atoms with Gasteiger partial charge >= 0.3 is 0 Å². The molecule has 16 heavy (non-hydrogen) atoms. The molecule has 0 bridgehead atoms. The summed E-state index contributed by atoms with van der Waals surface area (Å²) in [7, 11) is 0. The third-order valence-corrected chi connectivity index (χ3v) is 3.23. The molecule has 3 heteroatoms. The van der Waals surface area contributed by atoms with Crippen molar-refractivity contribution in [2.24, 2.45) is 0 Å². The smallest absolute Gasteiger partial charge is 0.140 e. The van der Waals surface area contributed by atoms with Crippen molar-refractivity contribution >= 4 is 0 Å². The average molecular weight is 213 g/mol. The second kappa shape index (κ2) is 3.44. The van der Waals surface area contributed by atoms with Gasteiger partial charge < -0.3 is 4.57 Å². The van der Waals surface area contributed by atoms with Gasteiger partial charge in [0.25, 0.3) is 0 Å². The van der Waals surface area contributed by atoms with Crippen LogP contribution in [0.5, 0.6) is 0 Å². The number of rotatable bonds is 1. The molecule has 0 amide bonds. The maximum absolute atomic E-state index is 4.55. The lowest BCUT2D eigenvalue weighted by molar-refractivity contribution is 0.625. The van der Waals surface area contributed by atoms with Gasteiger partial charge in [-0.15, -0.1) is 0 Å². The summed E-state index contributed by atoms with van der Waals surface area (Å²) < 4.78 is 2.34. The van der Waals surface area contributed by atoms with Crippen LogP contribution in [0.3, 0.4) is 0 Å². The first-order chi connectivity index (χ1) is 7.77. The highest BCUT2D eigenvalue weighted by molar-refractivity contribution is 5.62. The fourth-order valence-corrected chi connectivity index (χ4v) is 2.38. The third kappa shape index (κ3) is 1.28. The van der Waals surface area contributed by atoms with Crippen LogP contribution in [0.15, 0.2) is 24.7 Å². The Kier molecular flexibility index (Phi) is 2.06. The molecule has 2 aromatic heterocycles. The van der Waals surface area contributed by atoms with Gasteiger partial charge in [0.15, 0.2) is 0 Å². The maximum Gasteiger partial charge on any atom is 0.140 e. The monoisotopic (exact) mass is 213 g/mol. The Morgan fingerprint density at radius 2 is 2.19 bits per heavy atom. The molecule has 0 radical (unpaired) electrons. The number of aromatic nitrogens is 3. The Morgan fingerprint density at radius 1 is 1.31 bits per heavy atom. The minimum atomic E-state index is 0.532. The summed E-state index contributed by atoms with van der Waals surface area (Å²) in [6.07, 6.45) is 6.88.